The van der Waals surface area contributed by atoms with E-state index in [0.29, 0.717) is 30.8 Å². The lowest BCUT2D eigenvalue weighted by Gasteiger charge is -2.34. The van der Waals surface area contributed by atoms with Crippen LogP contribution in [0.1, 0.15) is 45.2 Å². The van der Waals surface area contributed by atoms with Gasteiger partial charge in [-0.05, 0) is 60.2 Å². The number of amides is 2. The number of nitrogens with one attached hydrogen (secondary N) is 1. The first-order chi connectivity index (χ1) is 19.6. The Bertz CT molecular complexity index is 1390. The highest BCUT2D eigenvalue weighted by atomic mass is 32.2. The quantitative estimate of drug-likeness (QED) is 0.289. The van der Waals surface area contributed by atoms with E-state index >= 15 is 0 Å². The Morgan fingerprint density at radius 3 is 2.12 bits per heavy atom. The first-order valence-corrected chi connectivity index (χ1v) is 15.4. The van der Waals surface area contributed by atoms with E-state index in [0.717, 1.165) is 11.1 Å². The van der Waals surface area contributed by atoms with Gasteiger partial charge in [0.1, 0.15) is 18.3 Å². The van der Waals surface area contributed by atoms with Gasteiger partial charge in [0.15, 0.2) is 0 Å². The van der Waals surface area contributed by atoms with Gasteiger partial charge in [0, 0.05) is 13.1 Å². The lowest BCUT2D eigenvalue weighted by molar-refractivity contribution is -0.140. The molecular formula is C32H41N3O5S. The number of carbonyl (C=O) groups is 2. The number of benzene rings is 3. The third-order valence-electron chi connectivity index (χ3n) is 6.83. The SMILES string of the molecule is CCc1ccccc1N(CC(=O)N(Cc1ccc(OC)cc1)[C@@H](CC)C(=O)NCC(C)C)S(=O)(=O)c1ccccc1. The monoisotopic (exact) mass is 579 g/mol. The first-order valence-electron chi connectivity index (χ1n) is 14.0. The highest BCUT2D eigenvalue weighted by Gasteiger charge is 2.34. The van der Waals surface area contributed by atoms with Crippen molar-refractivity contribution in [3.63, 3.8) is 0 Å². The number of hydrogen-bond acceptors (Lipinski definition) is 5. The molecule has 41 heavy (non-hydrogen) atoms. The molecule has 3 aromatic carbocycles. The number of hydrogen-bond donors (Lipinski definition) is 1. The molecule has 0 saturated heterocycles. The van der Waals surface area contributed by atoms with Crippen LogP contribution in [0, 0.1) is 5.92 Å². The summed E-state index contributed by atoms with van der Waals surface area (Å²) in [5.74, 6) is 0.163. The normalized spacial score (nSPS) is 12.0. The molecule has 0 saturated carbocycles. The first kappa shape index (κ1) is 31.7. The van der Waals surface area contributed by atoms with Crippen LogP contribution in [0.4, 0.5) is 5.69 Å². The molecule has 0 aliphatic heterocycles. The molecule has 3 rings (SSSR count). The van der Waals surface area contributed by atoms with Crippen LogP contribution >= 0.6 is 0 Å². The van der Waals surface area contributed by atoms with E-state index in [1.807, 2.05) is 52.0 Å². The maximum atomic E-state index is 14.2. The van der Waals surface area contributed by atoms with Gasteiger partial charge in [0.05, 0.1) is 17.7 Å². The molecule has 2 amide bonds. The van der Waals surface area contributed by atoms with Crippen molar-refractivity contribution in [3.05, 3.63) is 90.0 Å². The third-order valence-corrected chi connectivity index (χ3v) is 8.61. The number of anilines is 1. The molecule has 0 bridgehead atoms. The minimum absolute atomic E-state index is 0.0853. The average Bonchev–Trinajstić information content (AvgIpc) is 2.99. The molecule has 0 aliphatic carbocycles. The van der Waals surface area contributed by atoms with Gasteiger partial charge in [0.25, 0.3) is 10.0 Å². The predicted octanol–water partition coefficient (Wildman–Crippen LogP) is 5.03. The van der Waals surface area contributed by atoms with Crippen molar-refractivity contribution < 1.29 is 22.7 Å². The van der Waals surface area contributed by atoms with Gasteiger partial charge < -0.3 is 15.0 Å². The summed E-state index contributed by atoms with van der Waals surface area (Å²) in [6, 6.07) is 21.7. The highest BCUT2D eigenvalue weighted by Crippen LogP contribution is 2.28. The zero-order chi connectivity index (χ0) is 30.0. The second-order valence-corrected chi connectivity index (χ2v) is 12.1. The van der Waals surface area contributed by atoms with Gasteiger partial charge >= 0.3 is 0 Å². The maximum Gasteiger partial charge on any atom is 0.264 e. The second kappa shape index (κ2) is 14.7. The molecule has 0 radical (unpaired) electrons. The number of carbonyl (C=O) groups excluding carboxylic acids is 2. The molecule has 1 atom stereocenters. The van der Waals surface area contributed by atoms with Crippen molar-refractivity contribution in [2.45, 2.75) is 58.0 Å². The van der Waals surface area contributed by atoms with Crippen molar-refractivity contribution in [3.8, 4) is 5.75 Å². The Hall–Kier alpha value is -3.85. The van der Waals surface area contributed by atoms with Gasteiger partial charge in [-0.1, -0.05) is 76.2 Å². The summed E-state index contributed by atoms with van der Waals surface area (Å²) in [6.07, 6.45) is 0.943. The van der Waals surface area contributed by atoms with Crippen LogP contribution in [-0.2, 0) is 32.6 Å². The Morgan fingerprint density at radius 2 is 1.54 bits per heavy atom. The summed E-state index contributed by atoms with van der Waals surface area (Å²) < 4.78 is 34.4. The number of methoxy groups -OCH3 is 1. The zero-order valence-corrected chi connectivity index (χ0v) is 25.4. The van der Waals surface area contributed by atoms with E-state index < -0.39 is 28.5 Å². The molecule has 0 fully saturated rings. The predicted molar refractivity (Wildman–Crippen MR) is 162 cm³/mol. The van der Waals surface area contributed by atoms with Crippen molar-refractivity contribution in [1.29, 1.82) is 0 Å². The van der Waals surface area contributed by atoms with E-state index in [4.69, 9.17) is 4.74 Å². The smallest absolute Gasteiger partial charge is 0.264 e. The fraction of sp³-hybridized carbons (Fsp3) is 0.375. The Morgan fingerprint density at radius 1 is 0.902 bits per heavy atom. The van der Waals surface area contributed by atoms with Crippen LogP contribution in [0.25, 0.3) is 0 Å². The van der Waals surface area contributed by atoms with Gasteiger partial charge in [-0.3, -0.25) is 13.9 Å². The van der Waals surface area contributed by atoms with Crippen molar-refractivity contribution in [2.75, 3.05) is 24.5 Å². The zero-order valence-electron chi connectivity index (χ0n) is 24.5. The average molecular weight is 580 g/mol. The van der Waals surface area contributed by atoms with Crippen molar-refractivity contribution in [2.24, 2.45) is 5.92 Å². The molecule has 0 heterocycles. The van der Waals surface area contributed by atoms with Crippen LogP contribution in [0.2, 0.25) is 0 Å². The Labute approximate surface area is 244 Å². The minimum atomic E-state index is -4.10. The molecular weight excluding hydrogens is 538 g/mol. The Balaban J connectivity index is 2.06. The molecule has 0 unspecified atom stereocenters. The van der Waals surface area contributed by atoms with Crippen molar-refractivity contribution >= 4 is 27.5 Å². The van der Waals surface area contributed by atoms with E-state index in [-0.39, 0.29) is 23.3 Å². The van der Waals surface area contributed by atoms with Crippen LogP contribution in [0.15, 0.2) is 83.8 Å². The summed E-state index contributed by atoms with van der Waals surface area (Å²) in [6.45, 7) is 7.93. The summed E-state index contributed by atoms with van der Waals surface area (Å²) in [4.78, 5) is 29.1. The van der Waals surface area contributed by atoms with E-state index in [2.05, 4.69) is 5.32 Å². The van der Waals surface area contributed by atoms with Crippen LogP contribution < -0.4 is 14.4 Å². The third kappa shape index (κ3) is 8.10. The van der Waals surface area contributed by atoms with Gasteiger partial charge in [0.2, 0.25) is 11.8 Å². The highest BCUT2D eigenvalue weighted by molar-refractivity contribution is 7.92. The summed E-state index contributed by atoms with van der Waals surface area (Å²) in [5.41, 5.74) is 2.03. The molecule has 0 spiro atoms. The molecule has 220 valence electrons. The molecule has 0 aromatic heterocycles. The Kier molecular flexibility index (Phi) is 11.3. The van der Waals surface area contributed by atoms with Crippen LogP contribution in [-0.4, -0.2) is 51.4 Å². The lowest BCUT2D eigenvalue weighted by Crippen LogP contribution is -2.52. The summed E-state index contributed by atoms with van der Waals surface area (Å²) in [7, 11) is -2.53. The number of aryl methyl sites for hydroxylation is 1. The topological polar surface area (TPSA) is 96.0 Å². The number of nitrogens with zero attached hydrogens (tertiary/aromatic N) is 2. The molecule has 9 heteroatoms. The van der Waals surface area contributed by atoms with E-state index in [9.17, 15) is 18.0 Å². The molecule has 3 aromatic rings. The minimum Gasteiger partial charge on any atom is -0.497 e. The van der Waals surface area contributed by atoms with Crippen molar-refractivity contribution in [1.82, 2.24) is 10.2 Å². The number of rotatable bonds is 14. The van der Waals surface area contributed by atoms with E-state index in [1.165, 1.54) is 21.3 Å². The summed E-state index contributed by atoms with van der Waals surface area (Å²) in [5, 5.41) is 2.95. The molecule has 1 N–H and O–H groups in total. The van der Waals surface area contributed by atoms with Gasteiger partial charge in [-0.25, -0.2) is 8.42 Å². The number of para-hydroxylation sites is 1. The fourth-order valence-electron chi connectivity index (χ4n) is 4.56. The maximum absolute atomic E-state index is 14.2. The number of ether oxygens (including phenoxy) is 1. The van der Waals surface area contributed by atoms with E-state index in [1.54, 1.807) is 49.6 Å². The standard InChI is InChI=1S/C32H41N3O5S/c1-6-26-13-11-12-16-30(26)35(41(38,39)28-14-9-8-10-15-28)23-31(36)34(22-25-17-19-27(40-5)20-18-25)29(7-2)32(37)33-21-24(3)4/h8-20,24,29H,6-7,21-23H2,1-5H3,(H,33,37)/t29-/m0/s1. The summed E-state index contributed by atoms with van der Waals surface area (Å²) >= 11 is 0. The molecule has 0 aliphatic rings. The second-order valence-electron chi connectivity index (χ2n) is 10.2. The van der Waals surface area contributed by atoms with Crippen LogP contribution in [0.3, 0.4) is 0 Å². The van der Waals surface area contributed by atoms with Gasteiger partial charge in [-0.2, -0.15) is 0 Å². The number of sulfonamides is 1. The van der Waals surface area contributed by atoms with Crippen LogP contribution in [0.5, 0.6) is 5.75 Å². The molecule has 8 nitrogen and oxygen atoms in total. The largest absolute Gasteiger partial charge is 0.497 e. The fourth-order valence-corrected chi connectivity index (χ4v) is 6.03. The van der Waals surface area contributed by atoms with Gasteiger partial charge in [-0.15, -0.1) is 0 Å². The lowest BCUT2D eigenvalue weighted by atomic mass is 10.1.